The molecule has 4 N–H and O–H groups in total. The van der Waals surface area contributed by atoms with Crippen molar-refractivity contribution in [3.63, 3.8) is 0 Å². The zero-order valence-electron chi connectivity index (χ0n) is 8.61. The predicted molar refractivity (Wildman–Crippen MR) is 62.0 cm³/mol. The second-order valence-corrected chi connectivity index (χ2v) is 4.82. The Morgan fingerprint density at radius 3 is 3.00 bits per heavy atom. The summed E-state index contributed by atoms with van der Waals surface area (Å²) in [4.78, 5) is 23.7. The molecule has 5 nitrogen and oxygen atoms in total. The summed E-state index contributed by atoms with van der Waals surface area (Å²) in [6, 6.07) is 5.10. The van der Waals surface area contributed by atoms with E-state index < -0.39 is 0 Å². The van der Waals surface area contributed by atoms with E-state index in [1.54, 1.807) is 18.2 Å². The van der Waals surface area contributed by atoms with Crippen molar-refractivity contribution in [3.05, 3.63) is 23.8 Å². The van der Waals surface area contributed by atoms with Gasteiger partial charge in [0, 0.05) is 10.5 Å². The second kappa shape index (κ2) is 4.15. The van der Waals surface area contributed by atoms with Crippen molar-refractivity contribution in [3.8, 4) is 0 Å². The summed E-state index contributed by atoms with van der Waals surface area (Å²) in [5.41, 5.74) is 3.14. The lowest BCUT2D eigenvalue weighted by Crippen LogP contribution is -2.31. The first-order valence-corrected chi connectivity index (χ1v) is 5.62. The molecule has 0 radical (unpaired) electrons. The number of nitrogens with one attached hydrogen (secondary N) is 2. The molecule has 0 bridgehead atoms. The van der Waals surface area contributed by atoms with E-state index in [4.69, 9.17) is 5.84 Å². The largest absolute Gasteiger partial charge is 0.324 e. The van der Waals surface area contributed by atoms with Crippen LogP contribution in [0.5, 0.6) is 0 Å². The highest BCUT2D eigenvalue weighted by Gasteiger charge is 2.23. The molecule has 2 rings (SSSR count). The van der Waals surface area contributed by atoms with Crippen molar-refractivity contribution in [2.75, 3.05) is 5.32 Å². The fourth-order valence-corrected chi connectivity index (χ4v) is 2.36. The maximum atomic E-state index is 11.5. The lowest BCUT2D eigenvalue weighted by molar-refractivity contribution is -0.115. The summed E-state index contributed by atoms with van der Waals surface area (Å²) in [5.74, 6) is 4.61. The molecular weight excluding hydrogens is 226 g/mol. The van der Waals surface area contributed by atoms with Gasteiger partial charge in [-0.2, -0.15) is 0 Å². The van der Waals surface area contributed by atoms with E-state index in [0.717, 1.165) is 4.90 Å². The first-order valence-electron chi connectivity index (χ1n) is 4.74. The summed E-state index contributed by atoms with van der Waals surface area (Å²) < 4.78 is 0. The van der Waals surface area contributed by atoms with Crippen molar-refractivity contribution < 1.29 is 9.59 Å². The number of carbonyl (C=O) groups is 2. The number of nitrogens with two attached hydrogens (primary N) is 1. The van der Waals surface area contributed by atoms with Crippen LogP contribution in [0.2, 0.25) is 0 Å². The Balaban J connectivity index is 2.36. The molecule has 0 aromatic heterocycles. The molecule has 16 heavy (non-hydrogen) atoms. The van der Waals surface area contributed by atoms with E-state index in [2.05, 4.69) is 5.32 Å². The lowest BCUT2D eigenvalue weighted by Gasteiger charge is -2.21. The first-order chi connectivity index (χ1) is 7.61. The first kappa shape index (κ1) is 11.0. The van der Waals surface area contributed by atoms with Crippen LogP contribution >= 0.6 is 11.8 Å². The summed E-state index contributed by atoms with van der Waals surface area (Å²) in [5, 5.41) is 2.64. The number of fused-ring (bicyclic) bond motifs is 1. The molecule has 0 saturated carbocycles. The van der Waals surface area contributed by atoms with Gasteiger partial charge in [0.05, 0.1) is 10.9 Å². The molecule has 1 aliphatic rings. The Bertz CT molecular complexity index is 461. The Morgan fingerprint density at radius 2 is 2.31 bits per heavy atom. The number of nitrogen functional groups attached to an aromatic ring is 1. The van der Waals surface area contributed by atoms with E-state index in [0.29, 0.717) is 11.3 Å². The van der Waals surface area contributed by atoms with Crippen molar-refractivity contribution >= 4 is 29.3 Å². The predicted octanol–water partition coefficient (Wildman–Crippen LogP) is 0.723. The molecule has 1 atom stereocenters. The third-order valence-electron chi connectivity index (χ3n) is 2.30. The molecule has 6 heteroatoms. The SMILES string of the molecule is CC1Sc2ccc(C(=O)NN)cc2NC1=O. The van der Waals surface area contributed by atoms with E-state index in [1.165, 1.54) is 11.8 Å². The van der Waals surface area contributed by atoms with Gasteiger partial charge in [-0.1, -0.05) is 0 Å². The number of carbonyl (C=O) groups excluding carboxylic acids is 2. The summed E-state index contributed by atoms with van der Waals surface area (Å²) in [6.45, 7) is 1.84. The van der Waals surface area contributed by atoms with Crippen LogP contribution in [0.15, 0.2) is 23.1 Å². The van der Waals surface area contributed by atoms with Gasteiger partial charge in [-0.25, -0.2) is 5.84 Å². The standard InChI is InChI=1S/C10H11N3O2S/c1-5-9(14)12-7-4-6(10(15)13-11)2-3-8(7)16-5/h2-5H,11H2,1H3,(H,12,14)(H,13,15). The molecule has 1 aromatic rings. The van der Waals surface area contributed by atoms with Gasteiger partial charge in [0.1, 0.15) is 0 Å². The quantitative estimate of drug-likeness (QED) is 0.382. The number of benzene rings is 1. The molecule has 84 valence electrons. The number of hydrogen-bond donors (Lipinski definition) is 3. The van der Waals surface area contributed by atoms with Crippen LogP contribution in [0.3, 0.4) is 0 Å². The van der Waals surface area contributed by atoms with E-state index in [1.807, 2.05) is 12.3 Å². The van der Waals surface area contributed by atoms with Gasteiger partial charge < -0.3 is 5.32 Å². The minimum atomic E-state index is -0.374. The van der Waals surface area contributed by atoms with Gasteiger partial charge >= 0.3 is 0 Å². The third kappa shape index (κ3) is 1.89. The number of thioether (sulfide) groups is 1. The van der Waals surface area contributed by atoms with Gasteiger partial charge in [-0.3, -0.25) is 15.0 Å². The molecule has 0 fully saturated rings. The Kier molecular flexibility index (Phi) is 2.84. The Hall–Kier alpha value is -1.53. The molecule has 1 aromatic carbocycles. The summed E-state index contributed by atoms with van der Waals surface area (Å²) in [7, 11) is 0. The van der Waals surface area contributed by atoms with Crippen molar-refractivity contribution in [2.24, 2.45) is 5.84 Å². The van der Waals surface area contributed by atoms with E-state index >= 15 is 0 Å². The third-order valence-corrected chi connectivity index (χ3v) is 3.48. The summed E-state index contributed by atoms with van der Waals surface area (Å²) >= 11 is 1.47. The summed E-state index contributed by atoms with van der Waals surface area (Å²) in [6.07, 6.45) is 0. The van der Waals surface area contributed by atoms with Crippen LogP contribution in [0, 0.1) is 0 Å². The van der Waals surface area contributed by atoms with Crippen LogP contribution in [-0.2, 0) is 4.79 Å². The van der Waals surface area contributed by atoms with Crippen LogP contribution in [0.4, 0.5) is 5.69 Å². The molecule has 0 spiro atoms. The van der Waals surface area contributed by atoms with Crippen LogP contribution in [0.1, 0.15) is 17.3 Å². The molecule has 1 unspecified atom stereocenters. The van der Waals surface area contributed by atoms with Crippen molar-refractivity contribution in [2.45, 2.75) is 17.1 Å². The molecule has 1 aliphatic heterocycles. The van der Waals surface area contributed by atoms with Gasteiger partial charge in [0.2, 0.25) is 5.91 Å². The lowest BCUT2D eigenvalue weighted by atomic mass is 10.2. The van der Waals surface area contributed by atoms with Crippen LogP contribution in [-0.4, -0.2) is 17.1 Å². The average Bonchev–Trinajstić information content (AvgIpc) is 2.29. The van der Waals surface area contributed by atoms with Gasteiger partial charge in [0.25, 0.3) is 5.91 Å². The fourth-order valence-electron chi connectivity index (χ4n) is 1.43. The number of hydrogen-bond acceptors (Lipinski definition) is 4. The van der Waals surface area contributed by atoms with Crippen LogP contribution < -0.4 is 16.6 Å². The van der Waals surface area contributed by atoms with E-state index in [-0.39, 0.29) is 17.1 Å². The Morgan fingerprint density at radius 1 is 1.56 bits per heavy atom. The minimum Gasteiger partial charge on any atom is -0.324 e. The zero-order valence-corrected chi connectivity index (χ0v) is 9.43. The van der Waals surface area contributed by atoms with Crippen molar-refractivity contribution in [1.29, 1.82) is 0 Å². The number of anilines is 1. The van der Waals surface area contributed by atoms with Gasteiger partial charge in [-0.05, 0) is 25.1 Å². The average molecular weight is 237 g/mol. The molecule has 1 heterocycles. The van der Waals surface area contributed by atoms with Gasteiger partial charge in [-0.15, -0.1) is 11.8 Å². The Labute approximate surface area is 96.7 Å². The topological polar surface area (TPSA) is 84.2 Å². The monoisotopic (exact) mass is 237 g/mol. The fraction of sp³-hybridized carbons (Fsp3) is 0.200. The number of rotatable bonds is 1. The highest BCUT2D eigenvalue weighted by molar-refractivity contribution is 8.00. The highest BCUT2D eigenvalue weighted by atomic mass is 32.2. The van der Waals surface area contributed by atoms with Crippen molar-refractivity contribution in [1.82, 2.24) is 5.43 Å². The number of amides is 2. The maximum absolute atomic E-state index is 11.5. The number of hydrazine groups is 1. The second-order valence-electron chi connectivity index (χ2n) is 3.43. The highest BCUT2D eigenvalue weighted by Crippen LogP contribution is 2.35. The zero-order chi connectivity index (χ0) is 11.7. The van der Waals surface area contributed by atoms with Gasteiger partial charge in [0.15, 0.2) is 0 Å². The smallest absolute Gasteiger partial charge is 0.265 e. The maximum Gasteiger partial charge on any atom is 0.265 e. The molecule has 0 aliphatic carbocycles. The van der Waals surface area contributed by atoms with E-state index in [9.17, 15) is 9.59 Å². The molecule has 0 saturated heterocycles. The minimum absolute atomic E-state index is 0.0530. The van der Waals surface area contributed by atoms with Crippen LogP contribution in [0.25, 0.3) is 0 Å². The molecular formula is C10H11N3O2S. The normalized spacial score (nSPS) is 18.6. The molecule has 2 amide bonds.